The summed E-state index contributed by atoms with van der Waals surface area (Å²) >= 11 is 0. The number of amides is 1. The minimum atomic E-state index is -0.971. The Morgan fingerprint density at radius 1 is 1.03 bits per heavy atom. The Kier molecular flexibility index (Phi) is 6.22. The molecule has 1 amide bonds. The van der Waals surface area contributed by atoms with E-state index in [0.29, 0.717) is 45.3 Å². The van der Waals surface area contributed by atoms with Crippen LogP contribution in [0.3, 0.4) is 0 Å². The molecule has 0 aliphatic rings. The van der Waals surface area contributed by atoms with E-state index in [1.54, 1.807) is 51.3 Å². The van der Waals surface area contributed by atoms with E-state index in [2.05, 4.69) is 15.6 Å². The lowest BCUT2D eigenvalue weighted by Gasteiger charge is -2.17. The van der Waals surface area contributed by atoms with Crippen LogP contribution in [-0.4, -0.2) is 42.2 Å². The molecule has 2 aromatic carbocycles. The minimum absolute atomic E-state index is 0.0944. The highest BCUT2D eigenvalue weighted by Gasteiger charge is 2.25. The summed E-state index contributed by atoms with van der Waals surface area (Å²) < 4.78 is 22.2. The number of carbonyl (C=O) groups is 1. The average Bonchev–Trinajstić information content (AvgIpc) is 3.26. The Morgan fingerprint density at radius 2 is 1.71 bits per heavy atom. The molecule has 4 rings (SSSR count). The summed E-state index contributed by atoms with van der Waals surface area (Å²) in [7, 11) is 4.59. The number of hydrogen-bond donors (Lipinski definition) is 1. The summed E-state index contributed by atoms with van der Waals surface area (Å²) in [6.45, 7) is 3.28. The molecule has 0 fully saturated rings. The summed E-state index contributed by atoms with van der Waals surface area (Å²) in [4.78, 5) is 26.3. The number of methoxy groups -OCH3 is 3. The van der Waals surface area contributed by atoms with Crippen molar-refractivity contribution in [2.45, 2.75) is 19.9 Å². The number of nitrogens with zero attached hydrogens (tertiary/aromatic N) is 3. The highest BCUT2D eigenvalue weighted by atomic mass is 16.5. The predicted molar refractivity (Wildman–Crippen MR) is 126 cm³/mol. The van der Waals surface area contributed by atoms with Gasteiger partial charge in [-0.2, -0.15) is 5.10 Å². The average molecular weight is 464 g/mol. The van der Waals surface area contributed by atoms with Crippen LogP contribution in [0.25, 0.3) is 22.2 Å². The standard InChI is InChI=1S/C24H24N4O6/c1-13(23(29)25-18-12-17(32-4)10-11-19(18)33-5)28-24(30)22-20(14(2)34-27-22)21(26-28)15-6-8-16(31-3)9-7-15/h6-13H,1-5H3,(H,25,29)/t13-/m0/s1. The lowest BCUT2D eigenvalue weighted by Crippen LogP contribution is -2.34. The van der Waals surface area contributed by atoms with Crippen molar-refractivity contribution >= 4 is 22.5 Å². The van der Waals surface area contributed by atoms with Gasteiger partial charge in [-0.25, -0.2) is 4.68 Å². The largest absolute Gasteiger partial charge is 0.497 e. The molecule has 0 bridgehead atoms. The molecule has 0 saturated carbocycles. The second-order valence-corrected chi connectivity index (χ2v) is 7.52. The molecule has 4 aromatic rings. The number of carbonyl (C=O) groups excluding carboxylic acids is 1. The zero-order chi connectivity index (χ0) is 24.4. The number of aromatic nitrogens is 3. The van der Waals surface area contributed by atoms with E-state index in [9.17, 15) is 9.59 Å². The van der Waals surface area contributed by atoms with Crippen molar-refractivity contribution in [3.05, 3.63) is 58.6 Å². The van der Waals surface area contributed by atoms with Gasteiger partial charge in [-0.05, 0) is 50.2 Å². The minimum Gasteiger partial charge on any atom is -0.497 e. The predicted octanol–water partition coefficient (Wildman–Crippen LogP) is 3.59. The molecule has 0 aliphatic carbocycles. The second-order valence-electron chi connectivity index (χ2n) is 7.52. The number of aryl methyl sites for hydroxylation is 1. The number of rotatable bonds is 7. The topological polar surface area (TPSA) is 118 Å². The summed E-state index contributed by atoms with van der Waals surface area (Å²) in [6.07, 6.45) is 0. The van der Waals surface area contributed by atoms with Crippen LogP contribution in [0.1, 0.15) is 18.7 Å². The lowest BCUT2D eigenvalue weighted by molar-refractivity contribution is -0.119. The molecular formula is C24H24N4O6. The van der Waals surface area contributed by atoms with Gasteiger partial charge in [0.1, 0.15) is 34.7 Å². The fourth-order valence-electron chi connectivity index (χ4n) is 3.58. The van der Waals surface area contributed by atoms with E-state index >= 15 is 0 Å². The van der Waals surface area contributed by atoms with Crippen LogP contribution in [0, 0.1) is 6.92 Å². The fourth-order valence-corrected chi connectivity index (χ4v) is 3.58. The molecule has 0 saturated heterocycles. The van der Waals surface area contributed by atoms with Gasteiger partial charge in [-0.15, -0.1) is 0 Å². The summed E-state index contributed by atoms with van der Waals surface area (Å²) in [5, 5.41) is 11.8. The van der Waals surface area contributed by atoms with Crippen molar-refractivity contribution in [1.82, 2.24) is 14.9 Å². The Balaban J connectivity index is 1.77. The molecule has 34 heavy (non-hydrogen) atoms. The van der Waals surface area contributed by atoms with Gasteiger partial charge >= 0.3 is 0 Å². The van der Waals surface area contributed by atoms with E-state index in [1.165, 1.54) is 14.2 Å². The second kappa shape index (κ2) is 9.26. The molecule has 2 heterocycles. The first-order valence-corrected chi connectivity index (χ1v) is 10.4. The van der Waals surface area contributed by atoms with Crippen LogP contribution in [-0.2, 0) is 4.79 Å². The van der Waals surface area contributed by atoms with Crippen LogP contribution >= 0.6 is 0 Å². The molecule has 1 N–H and O–H groups in total. The van der Waals surface area contributed by atoms with Crippen molar-refractivity contribution in [2.75, 3.05) is 26.6 Å². The maximum atomic E-state index is 13.2. The normalized spacial score (nSPS) is 11.8. The third-order valence-electron chi connectivity index (χ3n) is 5.49. The SMILES string of the molecule is COc1ccc(-c2nn([C@@H](C)C(=O)Nc3cc(OC)ccc3OC)c(=O)c3noc(C)c23)cc1. The number of fused-ring (bicyclic) bond motifs is 1. The number of anilines is 1. The van der Waals surface area contributed by atoms with Gasteiger partial charge in [0.05, 0.1) is 32.4 Å². The molecule has 1 atom stereocenters. The van der Waals surface area contributed by atoms with E-state index < -0.39 is 17.5 Å². The fraction of sp³-hybridized carbons (Fsp3) is 0.250. The molecule has 0 spiro atoms. The van der Waals surface area contributed by atoms with Crippen LogP contribution < -0.4 is 25.1 Å². The first-order chi connectivity index (χ1) is 16.4. The Morgan fingerprint density at radius 3 is 2.35 bits per heavy atom. The van der Waals surface area contributed by atoms with Gasteiger partial charge in [0.15, 0.2) is 5.52 Å². The van der Waals surface area contributed by atoms with Crippen LogP contribution in [0.5, 0.6) is 17.2 Å². The van der Waals surface area contributed by atoms with Gasteiger partial charge in [-0.1, -0.05) is 5.16 Å². The molecule has 176 valence electrons. The number of benzene rings is 2. The molecule has 10 heteroatoms. The number of hydrogen-bond acceptors (Lipinski definition) is 8. The zero-order valence-corrected chi connectivity index (χ0v) is 19.4. The molecule has 0 radical (unpaired) electrons. The van der Waals surface area contributed by atoms with Crippen LogP contribution in [0.2, 0.25) is 0 Å². The van der Waals surface area contributed by atoms with E-state index in [1.807, 2.05) is 12.1 Å². The summed E-state index contributed by atoms with van der Waals surface area (Å²) in [5.74, 6) is 1.65. The van der Waals surface area contributed by atoms with Gasteiger partial charge in [0.25, 0.3) is 5.56 Å². The molecule has 0 unspecified atom stereocenters. The van der Waals surface area contributed by atoms with Crippen LogP contribution in [0.4, 0.5) is 5.69 Å². The van der Waals surface area contributed by atoms with E-state index in [4.69, 9.17) is 18.7 Å². The van der Waals surface area contributed by atoms with Crippen molar-refractivity contribution in [1.29, 1.82) is 0 Å². The summed E-state index contributed by atoms with van der Waals surface area (Å²) in [6, 6.07) is 11.2. The van der Waals surface area contributed by atoms with Gasteiger partial charge in [-0.3, -0.25) is 9.59 Å². The van der Waals surface area contributed by atoms with Crippen molar-refractivity contribution in [3.8, 4) is 28.5 Å². The monoisotopic (exact) mass is 464 g/mol. The van der Waals surface area contributed by atoms with Crippen molar-refractivity contribution in [2.24, 2.45) is 0 Å². The van der Waals surface area contributed by atoms with Crippen LogP contribution in [0.15, 0.2) is 51.8 Å². The molecule has 10 nitrogen and oxygen atoms in total. The Bertz CT molecular complexity index is 1410. The highest BCUT2D eigenvalue weighted by molar-refractivity contribution is 5.96. The quantitative estimate of drug-likeness (QED) is 0.441. The smallest absolute Gasteiger partial charge is 0.297 e. The first-order valence-electron chi connectivity index (χ1n) is 10.4. The number of ether oxygens (including phenoxy) is 3. The maximum absolute atomic E-state index is 13.2. The Labute approximate surface area is 195 Å². The number of nitrogens with one attached hydrogen (secondary N) is 1. The zero-order valence-electron chi connectivity index (χ0n) is 19.4. The molecule has 2 aromatic heterocycles. The lowest BCUT2D eigenvalue weighted by atomic mass is 10.1. The van der Waals surface area contributed by atoms with E-state index in [-0.39, 0.29) is 5.52 Å². The highest BCUT2D eigenvalue weighted by Crippen LogP contribution is 2.31. The summed E-state index contributed by atoms with van der Waals surface area (Å²) in [5.41, 5.74) is 1.14. The van der Waals surface area contributed by atoms with E-state index in [0.717, 1.165) is 4.68 Å². The molecule has 0 aliphatic heterocycles. The Hall–Kier alpha value is -4.34. The van der Waals surface area contributed by atoms with Crippen molar-refractivity contribution in [3.63, 3.8) is 0 Å². The maximum Gasteiger partial charge on any atom is 0.297 e. The van der Waals surface area contributed by atoms with Crippen molar-refractivity contribution < 1.29 is 23.5 Å². The molecular weight excluding hydrogens is 440 g/mol. The third kappa shape index (κ3) is 4.05. The van der Waals surface area contributed by atoms with Gasteiger partial charge in [0.2, 0.25) is 5.91 Å². The third-order valence-corrected chi connectivity index (χ3v) is 5.49. The van der Waals surface area contributed by atoms with Gasteiger partial charge < -0.3 is 24.1 Å². The van der Waals surface area contributed by atoms with Gasteiger partial charge in [0, 0.05) is 11.6 Å². The first kappa shape index (κ1) is 22.8.